The van der Waals surface area contributed by atoms with E-state index in [-0.39, 0.29) is 23.7 Å². The Morgan fingerprint density at radius 2 is 1.90 bits per heavy atom. The fraction of sp³-hybridized carbons (Fsp3) is 0.467. The molecule has 1 aliphatic rings. The molecule has 114 valence electrons. The molecular weight excluding hydrogens is 383 g/mol. The van der Waals surface area contributed by atoms with Gasteiger partial charge in [-0.25, -0.2) is 9.59 Å². The first-order valence-electron chi connectivity index (χ1n) is 7.02. The number of aromatic carboxylic acids is 1. The van der Waals surface area contributed by atoms with E-state index in [4.69, 9.17) is 0 Å². The molecule has 0 aliphatic carbocycles. The lowest BCUT2D eigenvalue weighted by atomic mass is 9.98. The third-order valence-corrected chi connectivity index (χ3v) is 4.55. The van der Waals surface area contributed by atoms with E-state index >= 15 is 0 Å². The normalized spacial score (nSPS) is 22.0. The van der Waals surface area contributed by atoms with Gasteiger partial charge in [0.25, 0.3) is 0 Å². The Bertz CT molecular complexity index is 552. The number of likely N-dealkylation sites (tertiary alicyclic amines) is 1. The lowest BCUT2D eigenvalue weighted by molar-refractivity contribution is 0.0698. The average molecular weight is 402 g/mol. The largest absolute Gasteiger partial charge is 0.478 e. The zero-order valence-corrected chi connectivity index (χ0v) is 14.3. The van der Waals surface area contributed by atoms with Crippen LogP contribution in [0.5, 0.6) is 0 Å². The highest BCUT2D eigenvalue weighted by Crippen LogP contribution is 2.25. The van der Waals surface area contributed by atoms with Crippen LogP contribution in [0.15, 0.2) is 18.2 Å². The van der Waals surface area contributed by atoms with Crippen LogP contribution in [0.1, 0.15) is 43.5 Å². The van der Waals surface area contributed by atoms with Crippen molar-refractivity contribution in [2.45, 2.75) is 45.2 Å². The second-order valence-corrected chi connectivity index (χ2v) is 6.71. The fourth-order valence-corrected chi connectivity index (χ4v) is 3.29. The number of halogens is 1. The van der Waals surface area contributed by atoms with Gasteiger partial charge >= 0.3 is 12.0 Å². The minimum Gasteiger partial charge on any atom is -0.478 e. The molecule has 1 aromatic rings. The maximum absolute atomic E-state index is 12.5. The van der Waals surface area contributed by atoms with E-state index in [1.807, 2.05) is 18.7 Å². The number of hydrogen-bond acceptors (Lipinski definition) is 2. The SMILES string of the molecule is C[C@@H]1CCC[C@H](C)N1C(=O)Nc1ccc(I)cc1C(=O)O. The van der Waals surface area contributed by atoms with E-state index in [9.17, 15) is 14.7 Å². The van der Waals surface area contributed by atoms with Crippen LogP contribution < -0.4 is 5.32 Å². The van der Waals surface area contributed by atoms with Gasteiger partial charge in [0, 0.05) is 15.7 Å². The molecular formula is C15H19IN2O3. The Hall–Kier alpha value is -1.31. The summed E-state index contributed by atoms with van der Waals surface area (Å²) < 4.78 is 0.822. The fourth-order valence-electron chi connectivity index (χ4n) is 2.80. The number of rotatable bonds is 2. The molecule has 2 N–H and O–H groups in total. The maximum atomic E-state index is 12.5. The van der Waals surface area contributed by atoms with Crippen LogP contribution in [0.4, 0.5) is 10.5 Å². The monoisotopic (exact) mass is 402 g/mol. The first-order chi connectivity index (χ1) is 9.90. The first-order valence-corrected chi connectivity index (χ1v) is 8.10. The second kappa shape index (κ2) is 6.64. The Morgan fingerprint density at radius 3 is 2.48 bits per heavy atom. The number of carbonyl (C=O) groups is 2. The molecule has 2 amide bonds. The zero-order valence-electron chi connectivity index (χ0n) is 12.1. The molecule has 1 fully saturated rings. The van der Waals surface area contributed by atoms with Crippen LogP contribution in [0, 0.1) is 3.57 Å². The van der Waals surface area contributed by atoms with Crippen molar-refractivity contribution in [3.8, 4) is 0 Å². The maximum Gasteiger partial charge on any atom is 0.337 e. The molecule has 0 unspecified atom stereocenters. The second-order valence-electron chi connectivity index (χ2n) is 5.46. The molecule has 1 aliphatic heterocycles. The predicted molar refractivity (Wildman–Crippen MR) is 89.8 cm³/mol. The molecule has 0 bridgehead atoms. The van der Waals surface area contributed by atoms with Crippen LogP contribution in [-0.4, -0.2) is 34.1 Å². The molecule has 1 heterocycles. The van der Waals surface area contributed by atoms with E-state index < -0.39 is 5.97 Å². The van der Waals surface area contributed by atoms with Gasteiger partial charge in [-0.15, -0.1) is 0 Å². The summed E-state index contributed by atoms with van der Waals surface area (Å²) in [5, 5.41) is 12.0. The highest BCUT2D eigenvalue weighted by molar-refractivity contribution is 14.1. The first kappa shape index (κ1) is 16.1. The van der Waals surface area contributed by atoms with E-state index in [1.165, 1.54) is 0 Å². The van der Waals surface area contributed by atoms with Gasteiger partial charge in [0.2, 0.25) is 0 Å². The standard InChI is InChI=1S/C15H19IN2O3/c1-9-4-3-5-10(2)18(9)15(21)17-13-7-6-11(16)8-12(13)14(19)20/h6-10H,3-5H2,1-2H3,(H,17,21)(H,19,20)/t9-,10+. The number of carboxylic acids is 1. The van der Waals surface area contributed by atoms with Crippen LogP contribution in [0.2, 0.25) is 0 Å². The average Bonchev–Trinajstić information content (AvgIpc) is 2.40. The third kappa shape index (κ3) is 3.66. The number of carbonyl (C=O) groups excluding carboxylic acids is 1. The summed E-state index contributed by atoms with van der Waals surface area (Å²) in [6.07, 6.45) is 3.09. The number of nitrogens with one attached hydrogen (secondary N) is 1. The van der Waals surface area contributed by atoms with Gasteiger partial charge < -0.3 is 15.3 Å². The number of nitrogens with zero attached hydrogens (tertiary/aromatic N) is 1. The number of benzene rings is 1. The van der Waals surface area contributed by atoms with Crippen molar-refractivity contribution in [2.75, 3.05) is 5.32 Å². The minimum absolute atomic E-state index is 0.118. The number of anilines is 1. The lowest BCUT2D eigenvalue weighted by Gasteiger charge is -2.39. The van der Waals surface area contributed by atoms with Crippen molar-refractivity contribution in [3.63, 3.8) is 0 Å². The van der Waals surface area contributed by atoms with Crippen LogP contribution in [0.25, 0.3) is 0 Å². The van der Waals surface area contributed by atoms with E-state index in [2.05, 4.69) is 27.9 Å². The van der Waals surface area contributed by atoms with Crippen LogP contribution in [-0.2, 0) is 0 Å². The van der Waals surface area contributed by atoms with Crippen molar-refractivity contribution >= 4 is 40.3 Å². The summed E-state index contributed by atoms with van der Waals surface area (Å²) in [5.41, 5.74) is 0.463. The van der Waals surface area contributed by atoms with E-state index in [0.717, 1.165) is 22.8 Å². The molecule has 1 aromatic carbocycles. The van der Waals surface area contributed by atoms with Crippen molar-refractivity contribution in [2.24, 2.45) is 0 Å². The smallest absolute Gasteiger partial charge is 0.337 e. The highest BCUT2D eigenvalue weighted by Gasteiger charge is 2.29. The van der Waals surface area contributed by atoms with E-state index in [0.29, 0.717) is 5.69 Å². The number of urea groups is 1. The number of piperidine rings is 1. The van der Waals surface area contributed by atoms with Gasteiger partial charge in [-0.3, -0.25) is 0 Å². The van der Waals surface area contributed by atoms with Gasteiger partial charge in [-0.1, -0.05) is 0 Å². The van der Waals surface area contributed by atoms with Crippen molar-refractivity contribution < 1.29 is 14.7 Å². The van der Waals surface area contributed by atoms with Gasteiger partial charge in [-0.05, 0) is 73.9 Å². The molecule has 0 radical (unpaired) electrons. The Kier molecular flexibility index (Phi) is 5.08. The Balaban J connectivity index is 2.21. The molecule has 0 aromatic heterocycles. The predicted octanol–water partition coefficient (Wildman–Crippen LogP) is 3.78. The summed E-state index contributed by atoms with van der Waals surface area (Å²) in [5.74, 6) is -1.04. The third-order valence-electron chi connectivity index (χ3n) is 3.88. The summed E-state index contributed by atoms with van der Waals surface area (Å²) in [7, 11) is 0. The molecule has 1 saturated heterocycles. The Morgan fingerprint density at radius 1 is 1.29 bits per heavy atom. The highest BCUT2D eigenvalue weighted by atomic mass is 127. The van der Waals surface area contributed by atoms with Crippen molar-refractivity contribution in [1.82, 2.24) is 4.90 Å². The zero-order chi connectivity index (χ0) is 15.6. The van der Waals surface area contributed by atoms with Gasteiger partial charge in [0.1, 0.15) is 0 Å². The van der Waals surface area contributed by atoms with Crippen molar-refractivity contribution in [3.05, 3.63) is 27.3 Å². The summed E-state index contributed by atoms with van der Waals surface area (Å²) in [4.78, 5) is 25.6. The van der Waals surface area contributed by atoms with E-state index in [1.54, 1.807) is 18.2 Å². The topological polar surface area (TPSA) is 69.6 Å². The number of amides is 2. The molecule has 0 spiro atoms. The molecule has 6 heteroatoms. The summed E-state index contributed by atoms with van der Waals surface area (Å²) >= 11 is 2.05. The van der Waals surface area contributed by atoms with Crippen LogP contribution in [0.3, 0.4) is 0 Å². The molecule has 21 heavy (non-hydrogen) atoms. The van der Waals surface area contributed by atoms with Gasteiger partial charge in [0.05, 0.1) is 11.3 Å². The molecule has 5 nitrogen and oxygen atoms in total. The summed E-state index contributed by atoms with van der Waals surface area (Å²) in [6, 6.07) is 5.10. The minimum atomic E-state index is -1.04. The van der Waals surface area contributed by atoms with Gasteiger partial charge in [-0.2, -0.15) is 0 Å². The Labute approximate surface area is 137 Å². The lowest BCUT2D eigenvalue weighted by Crippen LogP contribution is -2.49. The number of hydrogen-bond donors (Lipinski definition) is 2. The molecule has 0 saturated carbocycles. The van der Waals surface area contributed by atoms with Crippen molar-refractivity contribution in [1.29, 1.82) is 0 Å². The van der Waals surface area contributed by atoms with Crippen LogP contribution >= 0.6 is 22.6 Å². The summed E-state index contributed by atoms with van der Waals surface area (Å²) in [6.45, 7) is 4.06. The number of carboxylic acid groups (broad SMARTS) is 1. The van der Waals surface area contributed by atoms with Gasteiger partial charge in [0.15, 0.2) is 0 Å². The quantitative estimate of drug-likeness (QED) is 0.740. The molecule has 2 rings (SSSR count). The molecule has 2 atom stereocenters.